The second-order valence-electron chi connectivity index (χ2n) is 4.59. The summed E-state index contributed by atoms with van der Waals surface area (Å²) in [6, 6.07) is 4.33. The quantitative estimate of drug-likeness (QED) is 0.858. The lowest BCUT2D eigenvalue weighted by Crippen LogP contribution is -2.38. The van der Waals surface area contributed by atoms with E-state index in [2.05, 4.69) is 16.4 Å². The summed E-state index contributed by atoms with van der Waals surface area (Å²) in [6.07, 6.45) is 3.92. The first-order valence-corrected chi connectivity index (χ1v) is 6.71. The topological polar surface area (TPSA) is 45.2 Å². The number of hydrogen-bond donors (Lipinski definition) is 1. The molecule has 0 spiro atoms. The molecule has 98 valence electrons. The zero-order chi connectivity index (χ0) is 13.0. The van der Waals surface area contributed by atoms with Crippen molar-refractivity contribution in [3.05, 3.63) is 29.6 Å². The number of hydrogen-bond acceptors (Lipinski definition) is 3. The van der Waals surface area contributed by atoms with Gasteiger partial charge in [-0.2, -0.15) is 0 Å². The van der Waals surface area contributed by atoms with Crippen molar-refractivity contribution in [3.8, 4) is 0 Å². The van der Waals surface area contributed by atoms with Crippen LogP contribution in [0.3, 0.4) is 0 Å². The van der Waals surface area contributed by atoms with E-state index in [9.17, 15) is 4.79 Å². The standard InChI is InChI=1S/C14H21N3O/c1-3-17(4-2)13(18)10-16-12-8-7-11-6-5-9-15-14(11)12/h5-6,9,12,16H,3-4,7-8,10H2,1-2H3. The minimum absolute atomic E-state index is 0.171. The van der Waals surface area contributed by atoms with Crippen LogP contribution in [0.15, 0.2) is 18.3 Å². The largest absolute Gasteiger partial charge is 0.342 e. The molecule has 0 saturated carbocycles. The summed E-state index contributed by atoms with van der Waals surface area (Å²) < 4.78 is 0. The minimum atomic E-state index is 0.171. The van der Waals surface area contributed by atoms with Gasteiger partial charge in [0.05, 0.1) is 18.3 Å². The normalized spacial score (nSPS) is 17.6. The van der Waals surface area contributed by atoms with E-state index in [1.807, 2.05) is 31.0 Å². The average molecular weight is 247 g/mol. The molecule has 1 aliphatic carbocycles. The molecule has 1 aromatic rings. The van der Waals surface area contributed by atoms with Gasteiger partial charge in [0, 0.05) is 19.3 Å². The summed E-state index contributed by atoms with van der Waals surface area (Å²) in [5, 5.41) is 3.33. The number of fused-ring (bicyclic) bond motifs is 1. The SMILES string of the molecule is CCN(CC)C(=O)CNC1CCc2cccnc21. The molecule has 1 unspecified atom stereocenters. The lowest BCUT2D eigenvalue weighted by molar-refractivity contribution is -0.130. The number of aromatic nitrogens is 1. The van der Waals surface area contributed by atoms with Crippen LogP contribution in [0.2, 0.25) is 0 Å². The van der Waals surface area contributed by atoms with Gasteiger partial charge in [-0.1, -0.05) is 6.07 Å². The number of nitrogens with zero attached hydrogens (tertiary/aromatic N) is 2. The van der Waals surface area contributed by atoms with Gasteiger partial charge in [-0.3, -0.25) is 9.78 Å². The van der Waals surface area contributed by atoms with Crippen LogP contribution in [-0.4, -0.2) is 35.4 Å². The summed E-state index contributed by atoms with van der Waals surface area (Å²) in [5.74, 6) is 0.171. The fraction of sp³-hybridized carbons (Fsp3) is 0.571. The van der Waals surface area contributed by atoms with E-state index >= 15 is 0 Å². The van der Waals surface area contributed by atoms with Crippen LogP contribution in [0, 0.1) is 0 Å². The molecular formula is C14H21N3O. The first kappa shape index (κ1) is 13.0. The minimum Gasteiger partial charge on any atom is -0.342 e. The Bertz CT molecular complexity index is 415. The second kappa shape index (κ2) is 5.96. The summed E-state index contributed by atoms with van der Waals surface area (Å²) in [6.45, 7) is 5.97. The van der Waals surface area contributed by atoms with Crippen LogP contribution in [0.1, 0.15) is 37.6 Å². The Kier molecular flexibility index (Phi) is 4.31. The highest BCUT2D eigenvalue weighted by molar-refractivity contribution is 5.78. The highest BCUT2D eigenvalue weighted by Gasteiger charge is 2.23. The van der Waals surface area contributed by atoms with Crippen molar-refractivity contribution in [2.45, 2.75) is 32.7 Å². The Morgan fingerprint density at radius 2 is 2.28 bits per heavy atom. The van der Waals surface area contributed by atoms with Crippen LogP contribution in [0.4, 0.5) is 0 Å². The Morgan fingerprint density at radius 3 is 3.00 bits per heavy atom. The van der Waals surface area contributed by atoms with Crippen LogP contribution < -0.4 is 5.32 Å². The molecule has 0 radical (unpaired) electrons. The fourth-order valence-corrected chi connectivity index (χ4v) is 2.51. The second-order valence-corrected chi connectivity index (χ2v) is 4.59. The van der Waals surface area contributed by atoms with Crippen LogP contribution in [0.25, 0.3) is 0 Å². The summed E-state index contributed by atoms with van der Waals surface area (Å²) in [7, 11) is 0. The number of likely N-dealkylation sites (N-methyl/N-ethyl adjacent to an activating group) is 1. The summed E-state index contributed by atoms with van der Waals surface area (Å²) in [5.41, 5.74) is 2.43. The molecule has 0 aliphatic heterocycles. The predicted molar refractivity (Wildman–Crippen MR) is 71.2 cm³/mol. The fourth-order valence-electron chi connectivity index (χ4n) is 2.51. The van der Waals surface area contributed by atoms with Gasteiger partial charge in [-0.25, -0.2) is 0 Å². The van der Waals surface area contributed by atoms with E-state index in [4.69, 9.17) is 0 Å². The van der Waals surface area contributed by atoms with Gasteiger partial charge in [-0.05, 0) is 38.3 Å². The molecule has 2 rings (SSSR count). The maximum absolute atomic E-state index is 11.9. The zero-order valence-electron chi connectivity index (χ0n) is 11.1. The molecule has 0 bridgehead atoms. The van der Waals surface area contributed by atoms with E-state index in [0.29, 0.717) is 6.54 Å². The van der Waals surface area contributed by atoms with Gasteiger partial charge < -0.3 is 10.2 Å². The van der Waals surface area contributed by atoms with E-state index in [1.54, 1.807) is 0 Å². The van der Waals surface area contributed by atoms with Crippen molar-refractivity contribution in [2.75, 3.05) is 19.6 Å². The Labute approximate surface area is 108 Å². The van der Waals surface area contributed by atoms with Crippen molar-refractivity contribution in [1.29, 1.82) is 0 Å². The molecular weight excluding hydrogens is 226 g/mol. The lowest BCUT2D eigenvalue weighted by atomic mass is 10.2. The third-order valence-corrected chi connectivity index (χ3v) is 3.57. The molecule has 1 amide bonds. The number of rotatable bonds is 5. The highest BCUT2D eigenvalue weighted by atomic mass is 16.2. The van der Waals surface area contributed by atoms with Crippen molar-refractivity contribution in [3.63, 3.8) is 0 Å². The van der Waals surface area contributed by atoms with Crippen molar-refractivity contribution < 1.29 is 4.79 Å². The molecule has 1 N–H and O–H groups in total. The van der Waals surface area contributed by atoms with E-state index < -0.39 is 0 Å². The maximum Gasteiger partial charge on any atom is 0.236 e. The molecule has 1 atom stereocenters. The van der Waals surface area contributed by atoms with Gasteiger partial charge >= 0.3 is 0 Å². The van der Waals surface area contributed by atoms with Crippen LogP contribution in [0.5, 0.6) is 0 Å². The zero-order valence-corrected chi connectivity index (χ0v) is 11.1. The van der Waals surface area contributed by atoms with E-state index in [1.165, 1.54) is 5.56 Å². The molecule has 4 nitrogen and oxygen atoms in total. The molecule has 0 fully saturated rings. The van der Waals surface area contributed by atoms with Crippen LogP contribution in [-0.2, 0) is 11.2 Å². The molecule has 0 saturated heterocycles. The summed E-state index contributed by atoms with van der Waals surface area (Å²) in [4.78, 5) is 18.2. The van der Waals surface area contributed by atoms with Crippen LogP contribution >= 0.6 is 0 Å². The molecule has 1 aromatic heterocycles. The first-order chi connectivity index (χ1) is 8.76. The van der Waals surface area contributed by atoms with Gasteiger partial charge in [-0.15, -0.1) is 0 Å². The number of amides is 1. The number of carbonyl (C=O) groups is 1. The first-order valence-electron chi connectivity index (χ1n) is 6.71. The van der Waals surface area contributed by atoms with Gasteiger partial charge in [0.2, 0.25) is 5.91 Å². The highest BCUT2D eigenvalue weighted by Crippen LogP contribution is 2.28. The average Bonchev–Trinajstić information content (AvgIpc) is 2.81. The third-order valence-electron chi connectivity index (χ3n) is 3.57. The smallest absolute Gasteiger partial charge is 0.236 e. The van der Waals surface area contributed by atoms with E-state index in [-0.39, 0.29) is 11.9 Å². The molecule has 0 aromatic carbocycles. The number of pyridine rings is 1. The Hall–Kier alpha value is -1.42. The monoisotopic (exact) mass is 247 g/mol. The predicted octanol–water partition coefficient (Wildman–Crippen LogP) is 1.53. The maximum atomic E-state index is 11.9. The third kappa shape index (κ3) is 2.70. The molecule has 1 heterocycles. The molecule has 18 heavy (non-hydrogen) atoms. The van der Waals surface area contributed by atoms with Gasteiger partial charge in [0.15, 0.2) is 0 Å². The molecule has 1 aliphatic rings. The van der Waals surface area contributed by atoms with Gasteiger partial charge in [0.1, 0.15) is 0 Å². The van der Waals surface area contributed by atoms with Crippen molar-refractivity contribution in [2.24, 2.45) is 0 Å². The number of carbonyl (C=O) groups excluding carboxylic acids is 1. The van der Waals surface area contributed by atoms with Gasteiger partial charge in [0.25, 0.3) is 0 Å². The Balaban J connectivity index is 1.91. The molecule has 4 heteroatoms. The van der Waals surface area contributed by atoms with Crippen molar-refractivity contribution in [1.82, 2.24) is 15.2 Å². The van der Waals surface area contributed by atoms with Crippen molar-refractivity contribution >= 4 is 5.91 Å². The number of aryl methyl sites for hydroxylation is 1. The lowest BCUT2D eigenvalue weighted by Gasteiger charge is -2.20. The summed E-state index contributed by atoms with van der Waals surface area (Å²) >= 11 is 0. The van der Waals surface area contributed by atoms with E-state index in [0.717, 1.165) is 31.6 Å². The Morgan fingerprint density at radius 1 is 1.50 bits per heavy atom. The number of nitrogens with one attached hydrogen (secondary N) is 1.